The van der Waals surface area contributed by atoms with E-state index in [1.54, 1.807) is 6.07 Å². The molecule has 130 valence electrons. The fourth-order valence-electron chi connectivity index (χ4n) is 2.54. The molecule has 0 bridgehead atoms. The van der Waals surface area contributed by atoms with Gasteiger partial charge in [0.05, 0.1) is 11.3 Å². The number of aryl methyl sites for hydroxylation is 1. The quantitative estimate of drug-likeness (QED) is 0.663. The number of nitrogens with zero attached hydrogens (tertiary/aromatic N) is 3. The number of nitriles is 1. The Morgan fingerprint density at radius 3 is 2.54 bits per heavy atom. The van der Waals surface area contributed by atoms with E-state index in [4.69, 9.17) is 11.6 Å². The van der Waals surface area contributed by atoms with E-state index in [0.717, 1.165) is 29.5 Å². The summed E-state index contributed by atoms with van der Waals surface area (Å²) in [6, 6.07) is 19.1. The first kappa shape index (κ1) is 17.7. The Balaban J connectivity index is 1.67. The Morgan fingerprint density at radius 2 is 1.77 bits per heavy atom. The standard InChI is InChI=1S/C20H18ClN5/c1-14-24-19(23-11-10-15-6-8-17(21)9-7-15)12-20(25-14)26-18-5-3-2-4-16(18)13-22/h2-9,12H,10-11H2,1H3,(H2,23,24,25,26). The number of para-hydroxylation sites is 1. The predicted molar refractivity (Wildman–Crippen MR) is 105 cm³/mol. The van der Waals surface area contributed by atoms with Gasteiger partial charge < -0.3 is 10.6 Å². The van der Waals surface area contributed by atoms with Crippen molar-refractivity contribution in [3.63, 3.8) is 0 Å². The first-order valence-electron chi connectivity index (χ1n) is 8.24. The molecule has 6 heteroatoms. The highest BCUT2D eigenvalue weighted by Crippen LogP contribution is 2.20. The predicted octanol–water partition coefficient (Wildman–Crippen LogP) is 4.71. The average Bonchev–Trinajstić information content (AvgIpc) is 2.63. The molecule has 0 fully saturated rings. The number of rotatable bonds is 6. The number of aromatic nitrogens is 2. The molecule has 0 amide bonds. The van der Waals surface area contributed by atoms with E-state index in [9.17, 15) is 5.26 Å². The highest BCUT2D eigenvalue weighted by Gasteiger charge is 2.05. The Bertz CT molecular complexity index is 932. The van der Waals surface area contributed by atoms with Crippen molar-refractivity contribution in [2.75, 3.05) is 17.2 Å². The summed E-state index contributed by atoms with van der Waals surface area (Å²) in [5, 5.41) is 16.4. The second-order valence-electron chi connectivity index (χ2n) is 5.77. The molecule has 0 radical (unpaired) electrons. The summed E-state index contributed by atoms with van der Waals surface area (Å²) in [5.41, 5.74) is 2.50. The van der Waals surface area contributed by atoms with Crippen molar-refractivity contribution in [1.29, 1.82) is 5.26 Å². The summed E-state index contributed by atoms with van der Waals surface area (Å²) in [4.78, 5) is 8.81. The molecule has 1 aromatic heterocycles. The van der Waals surface area contributed by atoms with Crippen molar-refractivity contribution in [2.24, 2.45) is 0 Å². The lowest BCUT2D eigenvalue weighted by Gasteiger charge is -2.11. The molecule has 0 saturated carbocycles. The monoisotopic (exact) mass is 363 g/mol. The molecular formula is C20H18ClN5. The minimum atomic E-state index is 0.570. The normalized spacial score (nSPS) is 10.2. The molecule has 3 rings (SSSR count). The van der Waals surface area contributed by atoms with Gasteiger partial charge in [0.2, 0.25) is 0 Å². The highest BCUT2D eigenvalue weighted by atomic mass is 35.5. The van der Waals surface area contributed by atoms with Crippen molar-refractivity contribution in [1.82, 2.24) is 9.97 Å². The van der Waals surface area contributed by atoms with E-state index in [2.05, 4.69) is 26.7 Å². The largest absolute Gasteiger partial charge is 0.370 e. The van der Waals surface area contributed by atoms with E-state index < -0.39 is 0 Å². The number of halogens is 1. The van der Waals surface area contributed by atoms with E-state index in [-0.39, 0.29) is 0 Å². The van der Waals surface area contributed by atoms with E-state index in [0.29, 0.717) is 17.2 Å². The van der Waals surface area contributed by atoms with Crippen LogP contribution in [0.4, 0.5) is 17.3 Å². The Morgan fingerprint density at radius 1 is 1.04 bits per heavy atom. The maximum atomic E-state index is 9.20. The summed E-state index contributed by atoms with van der Waals surface area (Å²) in [6.45, 7) is 2.58. The molecular weight excluding hydrogens is 346 g/mol. The fraction of sp³-hybridized carbons (Fsp3) is 0.150. The second kappa shape index (κ2) is 8.32. The van der Waals surface area contributed by atoms with Crippen molar-refractivity contribution in [2.45, 2.75) is 13.3 Å². The summed E-state index contributed by atoms with van der Waals surface area (Å²) >= 11 is 5.90. The number of benzene rings is 2. The lowest BCUT2D eigenvalue weighted by molar-refractivity contribution is 0.983. The molecule has 2 N–H and O–H groups in total. The molecule has 0 unspecified atom stereocenters. The SMILES string of the molecule is Cc1nc(NCCc2ccc(Cl)cc2)cc(Nc2ccccc2C#N)n1. The zero-order valence-electron chi connectivity index (χ0n) is 14.3. The minimum absolute atomic E-state index is 0.570. The molecule has 0 aliphatic carbocycles. The zero-order chi connectivity index (χ0) is 18.4. The average molecular weight is 364 g/mol. The van der Waals surface area contributed by atoms with Crippen LogP contribution >= 0.6 is 11.6 Å². The molecule has 0 spiro atoms. The molecule has 0 aliphatic rings. The minimum Gasteiger partial charge on any atom is -0.370 e. The topological polar surface area (TPSA) is 73.6 Å². The van der Waals surface area contributed by atoms with Crippen molar-refractivity contribution >= 4 is 28.9 Å². The van der Waals surface area contributed by atoms with Gasteiger partial charge in [-0.2, -0.15) is 5.26 Å². The lowest BCUT2D eigenvalue weighted by Crippen LogP contribution is -2.08. The van der Waals surface area contributed by atoms with Crippen LogP contribution in [-0.2, 0) is 6.42 Å². The summed E-state index contributed by atoms with van der Waals surface area (Å²) in [6.07, 6.45) is 0.861. The summed E-state index contributed by atoms with van der Waals surface area (Å²) in [7, 11) is 0. The van der Waals surface area contributed by atoms with Gasteiger partial charge in [-0.3, -0.25) is 0 Å². The fourth-order valence-corrected chi connectivity index (χ4v) is 2.66. The third kappa shape index (κ3) is 4.71. The third-order valence-electron chi connectivity index (χ3n) is 3.78. The van der Waals surface area contributed by atoms with Crippen molar-refractivity contribution in [3.8, 4) is 6.07 Å². The van der Waals surface area contributed by atoms with Crippen LogP contribution in [-0.4, -0.2) is 16.5 Å². The van der Waals surface area contributed by atoms with Crippen LogP contribution in [0.2, 0.25) is 5.02 Å². The van der Waals surface area contributed by atoms with Crippen LogP contribution in [0, 0.1) is 18.3 Å². The Kier molecular flexibility index (Phi) is 5.67. The first-order valence-corrected chi connectivity index (χ1v) is 8.62. The molecule has 0 saturated heterocycles. The van der Waals surface area contributed by atoms with Crippen molar-refractivity contribution in [3.05, 3.63) is 76.6 Å². The van der Waals surface area contributed by atoms with Gasteiger partial charge >= 0.3 is 0 Å². The smallest absolute Gasteiger partial charge is 0.136 e. The Labute approximate surface area is 157 Å². The van der Waals surface area contributed by atoms with E-state index in [1.807, 2.05) is 55.5 Å². The van der Waals surface area contributed by atoms with Crippen LogP contribution < -0.4 is 10.6 Å². The molecule has 2 aromatic carbocycles. The first-order chi connectivity index (χ1) is 12.6. The van der Waals surface area contributed by atoms with Crippen LogP contribution in [0.5, 0.6) is 0 Å². The number of hydrogen-bond acceptors (Lipinski definition) is 5. The van der Waals surface area contributed by atoms with Gasteiger partial charge in [-0.15, -0.1) is 0 Å². The van der Waals surface area contributed by atoms with Gasteiger partial charge in [-0.1, -0.05) is 35.9 Å². The van der Waals surface area contributed by atoms with Gasteiger partial charge in [-0.05, 0) is 43.2 Å². The number of hydrogen-bond donors (Lipinski definition) is 2. The van der Waals surface area contributed by atoms with E-state index >= 15 is 0 Å². The molecule has 1 heterocycles. The van der Waals surface area contributed by atoms with Crippen LogP contribution in [0.15, 0.2) is 54.6 Å². The molecule has 26 heavy (non-hydrogen) atoms. The van der Waals surface area contributed by atoms with Crippen LogP contribution in [0.3, 0.4) is 0 Å². The number of anilines is 3. The molecule has 0 aliphatic heterocycles. The molecule has 3 aromatic rings. The zero-order valence-corrected chi connectivity index (χ0v) is 15.1. The van der Waals surface area contributed by atoms with Gasteiger partial charge in [0.25, 0.3) is 0 Å². The summed E-state index contributed by atoms with van der Waals surface area (Å²) in [5.74, 6) is 2.04. The molecule has 0 atom stereocenters. The van der Waals surface area contributed by atoms with Gasteiger partial charge in [0.15, 0.2) is 0 Å². The maximum absolute atomic E-state index is 9.20. The Hall–Kier alpha value is -3.10. The highest BCUT2D eigenvalue weighted by molar-refractivity contribution is 6.30. The number of nitrogens with one attached hydrogen (secondary N) is 2. The summed E-state index contributed by atoms with van der Waals surface area (Å²) < 4.78 is 0. The van der Waals surface area contributed by atoms with Crippen molar-refractivity contribution < 1.29 is 0 Å². The third-order valence-corrected chi connectivity index (χ3v) is 4.03. The molecule has 5 nitrogen and oxygen atoms in total. The second-order valence-corrected chi connectivity index (χ2v) is 6.21. The lowest BCUT2D eigenvalue weighted by atomic mass is 10.1. The van der Waals surface area contributed by atoms with E-state index in [1.165, 1.54) is 5.56 Å². The van der Waals surface area contributed by atoms with Gasteiger partial charge in [-0.25, -0.2) is 9.97 Å². The van der Waals surface area contributed by atoms with Gasteiger partial charge in [0, 0.05) is 17.6 Å². The maximum Gasteiger partial charge on any atom is 0.136 e. The van der Waals surface area contributed by atoms with Crippen LogP contribution in [0.25, 0.3) is 0 Å². The van der Waals surface area contributed by atoms with Gasteiger partial charge in [0.1, 0.15) is 23.5 Å². The van der Waals surface area contributed by atoms with Crippen LogP contribution in [0.1, 0.15) is 17.0 Å².